The predicted octanol–water partition coefficient (Wildman–Crippen LogP) is 0.446. The van der Waals surface area contributed by atoms with E-state index in [9.17, 15) is 0 Å². The lowest BCUT2D eigenvalue weighted by molar-refractivity contribution is -0.0283. The molecule has 2 rings (SSSR count). The van der Waals surface area contributed by atoms with Gasteiger partial charge in [0.2, 0.25) is 0 Å². The van der Waals surface area contributed by atoms with Crippen LogP contribution in [-0.2, 0) is 4.74 Å². The van der Waals surface area contributed by atoms with Gasteiger partial charge in [-0.05, 0) is 31.7 Å². The molecule has 1 unspecified atom stereocenters. The van der Waals surface area contributed by atoms with Crippen LogP contribution in [0.1, 0.15) is 19.3 Å². The molecule has 3 heteroatoms. The summed E-state index contributed by atoms with van der Waals surface area (Å²) in [6, 6.07) is 0. The molecular formula is C10H20N2O. The topological polar surface area (TPSA) is 38.5 Å². The van der Waals surface area contributed by atoms with Crippen molar-refractivity contribution in [3.63, 3.8) is 0 Å². The van der Waals surface area contributed by atoms with Gasteiger partial charge in [0.15, 0.2) is 0 Å². The normalized spacial score (nSPS) is 31.6. The number of hydrogen-bond acceptors (Lipinski definition) is 3. The average Bonchev–Trinajstić information content (AvgIpc) is 2.12. The molecular weight excluding hydrogens is 164 g/mol. The quantitative estimate of drug-likeness (QED) is 0.692. The van der Waals surface area contributed by atoms with Crippen molar-refractivity contribution in [2.45, 2.75) is 25.4 Å². The van der Waals surface area contributed by atoms with Gasteiger partial charge in [0.25, 0.3) is 0 Å². The van der Waals surface area contributed by atoms with Crippen LogP contribution in [0.5, 0.6) is 0 Å². The lowest BCUT2D eigenvalue weighted by Gasteiger charge is -2.41. The van der Waals surface area contributed by atoms with Gasteiger partial charge in [-0.2, -0.15) is 0 Å². The van der Waals surface area contributed by atoms with Crippen molar-refractivity contribution < 1.29 is 4.74 Å². The van der Waals surface area contributed by atoms with Crippen molar-refractivity contribution in [2.24, 2.45) is 11.7 Å². The summed E-state index contributed by atoms with van der Waals surface area (Å²) in [5.41, 5.74) is 5.57. The Balaban J connectivity index is 1.62. The Morgan fingerprint density at radius 2 is 2.15 bits per heavy atom. The number of nitrogens with two attached hydrogens (primary N) is 1. The first kappa shape index (κ1) is 9.44. The first-order valence-corrected chi connectivity index (χ1v) is 5.42. The van der Waals surface area contributed by atoms with E-state index in [1.54, 1.807) is 0 Å². The first-order chi connectivity index (χ1) is 6.38. The van der Waals surface area contributed by atoms with Crippen LogP contribution in [0, 0.1) is 5.92 Å². The second-order valence-electron chi connectivity index (χ2n) is 4.31. The Bertz CT molecular complexity index is 151. The monoisotopic (exact) mass is 184 g/mol. The summed E-state index contributed by atoms with van der Waals surface area (Å²) in [4.78, 5) is 2.47. The molecule has 2 heterocycles. The van der Waals surface area contributed by atoms with Crippen molar-refractivity contribution in [1.29, 1.82) is 0 Å². The van der Waals surface area contributed by atoms with E-state index in [0.29, 0.717) is 6.10 Å². The number of rotatable bonds is 3. The van der Waals surface area contributed by atoms with Crippen molar-refractivity contribution in [1.82, 2.24) is 4.90 Å². The summed E-state index contributed by atoms with van der Waals surface area (Å²) in [6.45, 7) is 5.34. The molecule has 2 saturated heterocycles. The molecule has 0 aliphatic carbocycles. The van der Waals surface area contributed by atoms with E-state index in [-0.39, 0.29) is 0 Å². The van der Waals surface area contributed by atoms with Gasteiger partial charge in [-0.3, -0.25) is 0 Å². The highest BCUT2D eigenvalue weighted by Gasteiger charge is 2.28. The largest absolute Gasteiger partial charge is 0.377 e. The Hall–Kier alpha value is -0.120. The molecule has 2 aliphatic rings. The fraction of sp³-hybridized carbons (Fsp3) is 1.00. The van der Waals surface area contributed by atoms with Crippen LogP contribution < -0.4 is 5.73 Å². The summed E-state index contributed by atoms with van der Waals surface area (Å²) in [5, 5.41) is 0. The van der Waals surface area contributed by atoms with Gasteiger partial charge in [-0.15, -0.1) is 0 Å². The van der Waals surface area contributed by atoms with Crippen LogP contribution in [0.3, 0.4) is 0 Å². The van der Waals surface area contributed by atoms with Crippen molar-refractivity contribution in [3.8, 4) is 0 Å². The van der Waals surface area contributed by atoms with Crippen molar-refractivity contribution in [2.75, 3.05) is 32.8 Å². The standard InChI is InChI=1S/C10H20N2O/c11-5-9-6-12(7-9)8-10-3-1-2-4-13-10/h9-10H,1-8,11H2. The molecule has 1 atom stereocenters. The molecule has 3 nitrogen and oxygen atoms in total. The highest BCUT2D eigenvalue weighted by Crippen LogP contribution is 2.19. The summed E-state index contributed by atoms with van der Waals surface area (Å²) in [7, 11) is 0. The van der Waals surface area contributed by atoms with Crippen molar-refractivity contribution in [3.05, 3.63) is 0 Å². The number of ether oxygens (including phenoxy) is 1. The van der Waals surface area contributed by atoms with Gasteiger partial charge in [0.1, 0.15) is 0 Å². The third-order valence-electron chi connectivity index (χ3n) is 3.10. The zero-order chi connectivity index (χ0) is 9.10. The molecule has 2 aliphatic heterocycles. The second-order valence-corrected chi connectivity index (χ2v) is 4.31. The molecule has 76 valence electrons. The zero-order valence-corrected chi connectivity index (χ0v) is 8.24. The van der Waals surface area contributed by atoms with E-state index in [4.69, 9.17) is 10.5 Å². The van der Waals surface area contributed by atoms with Crippen molar-refractivity contribution >= 4 is 0 Å². The molecule has 0 saturated carbocycles. The summed E-state index contributed by atoms with van der Waals surface area (Å²) in [6.07, 6.45) is 4.36. The van der Waals surface area contributed by atoms with Gasteiger partial charge in [0.05, 0.1) is 6.10 Å². The lowest BCUT2D eigenvalue weighted by atomic mass is 9.99. The average molecular weight is 184 g/mol. The minimum atomic E-state index is 0.507. The van der Waals surface area contributed by atoms with Gasteiger partial charge >= 0.3 is 0 Å². The van der Waals surface area contributed by atoms with Gasteiger partial charge in [-0.25, -0.2) is 0 Å². The molecule has 0 amide bonds. The Morgan fingerprint density at radius 1 is 1.31 bits per heavy atom. The van der Waals surface area contributed by atoms with E-state index in [1.807, 2.05) is 0 Å². The molecule has 0 bridgehead atoms. The van der Waals surface area contributed by atoms with Crippen LogP contribution in [0.4, 0.5) is 0 Å². The smallest absolute Gasteiger partial charge is 0.0702 e. The Labute approximate surface area is 80.2 Å². The van der Waals surface area contributed by atoms with Gasteiger partial charge in [-0.1, -0.05) is 0 Å². The molecule has 0 radical (unpaired) electrons. The zero-order valence-electron chi connectivity index (χ0n) is 8.24. The maximum Gasteiger partial charge on any atom is 0.0702 e. The summed E-state index contributed by atoms with van der Waals surface area (Å²) < 4.78 is 5.68. The van der Waals surface area contributed by atoms with E-state index in [0.717, 1.165) is 25.6 Å². The SMILES string of the molecule is NCC1CN(CC2CCCCO2)C1. The molecule has 0 aromatic carbocycles. The fourth-order valence-corrected chi connectivity index (χ4v) is 2.21. The summed E-state index contributed by atoms with van der Waals surface area (Å²) in [5.74, 6) is 0.753. The molecule has 13 heavy (non-hydrogen) atoms. The second kappa shape index (κ2) is 4.40. The van der Waals surface area contributed by atoms with Crippen LogP contribution >= 0.6 is 0 Å². The van der Waals surface area contributed by atoms with E-state index < -0.39 is 0 Å². The minimum absolute atomic E-state index is 0.507. The maximum absolute atomic E-state index is 5.68. The number of likely N-dealkylation sites (tertiary alicyclic amines) is 1. The van der Waals surface area contributed by atoms with Gasteiger partial charge < -0.3 is 15.4 Å². The first-order valence-electron chi connectivity index (χ1n) is 5.42. The highest BCUT2D eigenvalue weighted by atomic mass is 16.5. The predicted molar refractivity (Wildman–Crippen MR) is 52.6 cm³/mol. The molecule has 0 spiro atoms. The number of nitrogens with zero attached hydrogens (tertiary/aromatic N) is 1. The van der Waals surface area contributed by atoms with E-state index >= 15 is 0 Å². The van der Waals surface area contributed by atoms with Crippen LogP contribution in [0.25, 0.3) is 0 Å². The fourth-order valence-electron chi connectivity index (χ4n) is 2.21. The van der Waals surface area contributed by atoms with E-state index in [1.165, 1.54) is 32.4 Å². The van der Waals surface area contributed by atoms with Gasteiger partial charge in [0, 0.05) is 26.2 Å². The number of hydrogen-bond donors (Lipinski definition) is 1. The van der Waals surface area contributed by atoms with Crippen LogP contribution in [0.2, 0.25) is 0 Å². The molecule has 2 fully saturated rings. The molecule has 0 aromatic rings. The van der Waals surface area contributed by atoms with Crippen LogP contribution in [-0.4, -0.2) is 43.8 Å². The Morgan fingerprint density at radius 3 is 2.77 bits per heavy atom. The van der Waals surface area contributed by atoms with E-state index in [2.05, 4.69) is 4.90 Å². The molecule has 0 aromatic heterocycles. The van der Waals surface area contributed by atoms with Crippen LogP contribution in [0.15, 0.2) is 0 Å². The minimum Gasteiger partial charge on any atom is -0.377 e. The third kappa shape index (κ3) is 2.42. The Kier molecular flexibility index (Phi) is 3.19. The summed E-state index contributed by atoms with van der Waals surface area (Å²) >= 11 is 0. The maximum atomic E-state index is 5.68. The third-order valence-corrected chi connectivity index (χ3v) is 3.10. The lowest BCUT2D eigenvalue weighted by Crippen LogP contribution is -2.52. The molecule has 2 N–H and O–H groups in total. The highest BCUT2D eigenvalue weighted by molar-refractivity contribution is 4.82.